The average molecular weight is 342 g/mol. The smallest absolute Gasteiger partial charge is 0.335 e. The van der Waals surface area contributed by atoms with Crippen molar-refractivity contribution in [3.05, 3.63) is 33.8 Å². The molecule has 1 amide bonds. The topological polar surface area (TPSA) is 75.6 Å². The summed E-state index contributed by atoms with van der Waals surface area (Å²) in [6, 6.07) is 4.45. The second-order valence-corrected chi connectivity index (χ2v) is 5.74. The monoisotopic (exact) mass is 341 g/mol. The number of benzene rings is 1. The number of carbonyl (C=O) groups is 2. The van der Waals surface area contributed by atoms with Gasteiger partial charge >= 0.3 is 5.97 Å². The van der Waals surface area contributed by atoms with Crippen LogP contribution < -0.4 is 5.32 Å². The maximum atomic E-state index is 12.0. The van der Waals surface area contributed by atoms with Crippen molar-refractivity contribution < 1.29 is 19.4 Å². The van der Waals surface area contributed by atoms with Crippen molar-refractivity contribution >= 4 is 27.8 Å². The van der Waals surface area contributed by atoms with Crippen molar-refractivity contribution in [1.29, 1.82) is 0 Å². The van der Waals surface area contributed by atoms with Crippen molar-refractivity contribution in [3.63, 3.8) is 0 Å². The lowest BCUT2D eigenvalue weighted by atomic mass is 10.0. The van der Waals surface area contributed by atoms with Gasteiger partial charge in [0.15, 0.2) is 0 Å². The molecule has 5 nitrogen and oxygen atoms in total. The van der Waals surface area contributed by atoms with E-state index in [1.54, 1.807) is 6.07 Å². The Morgan fingerprint density at radius 1 is 1.35 bits per heavy atom. The van der Waals surface area contributed by atoms with Crippen LogP contribution in [0.2, 0.25) is 0 Å². The van der Waals surface area contributed by atoms with Crippen LogP contribution in [0.1, 0.15) is 33.6 Å². The highest BCUT2D eigenvalue weighted by atomic mass is 79.9. The maximum Gasteiger partial charge on any atom is 0.335 e. The van der Waals surface area contributed by atoms with Gasteiger partial charge in [0.2, 0.25) is 0 Å². The molecule has 0 bridgehead atoms. The van der Waals surface area contributed by atoms with E-state index in [1.165, 1.54) is 12.1 Å². The number of halogens is 1. The van der Waals surface area contributed by atoms with Crippen molar-refractivity contribution in [2.75, 3.05) is 19.8 Å². The van der Waals surface area contributed by atoms with Crippen LogP contribution in [0.15, 0.2) is 22.7 Å². The Balaban J connectivity index is 1.99. The van der Waals surface area contributed by atoms with E-state index >= 15 is 0 Å². The van der Waals surface area contributed by atoms with Gasteiger partial charge in [-0.1, -0.05) is 15.9 Å². The molecule has 1 fully saturated rings. The summed E-state index contributed by atoms with van der Waals surface area (Å²) in [7, 11) is 0. The zero-order chi connectivity index (χ0) is 14.5. The van der Waals surface area contributed by atoms with Crippen LogP contribution in [0.25, 0.3) is 0 Å². The first-order valence-corrected chi connectivity index (χ1v) is 7.25. The van der Waals surface area contributed by atoms with Crippen LogP contribution >= 0.6 is 15.9 Å². The molecule has 2 rings (SSSR count). The number of amides is 1. The number of hydrogen-bond donors (Lipinski definition) is 2. The van der Waals surface area contributed by atoms with E-state index in [0.29, 0.717) is 29.1 Å². The first-order valence-electron chi connectivity index (χ1n) is 6.46. The number of ether oxygens (including phenoxy) is 1. The number of rotatable bonds is 4. The quantitative estimate of drug-likeness (QED) is 0.880. The molecule has 0 aromatic heterocycles. The Bertz CT molecular complexity index is 512. The summed E-state index contributed by atoms with van der Waals surface area (Å²) in [5.41, 5.74) is 0.430. The largest absolute Gasteiger partial charge is 0.478 e. The maximum absolute atomic E-state index is 12.0. The van der Waals surface area contributed by atoms with Crippen LogP contribution in [0.5, 0.6) is 0 Å². The van der Waals surface area contributed by atoms with Gasteiger partial charge in [0.1, 0.15) is 0 Å². The summed E-state index contributed by atoms with van der Waals surface area (Å²) in [5, 5.41) is 11.8. The predicted octanol–water partition coefficient (Wildman–Crippen LogP) is 2.30. The molecular weight excluding hydrogens is 326 g/mol. The van der Waals surface area contributed by atoms with E-state index in [2.05, 4.69) is 21.2 Å². The van der Waals surface area contributed by atoms with Gasteiger partial charge in [0.05, 0.1) is 12.2 Å². The molecule has 2 N–H and O–H groups in total. The molecule has 0 spiro atoms. The van der Waals surface area contributed by atoms with Gasteiger partial charge in [0.25, 0.3) is 5.91 Å². The first kappa shape index (κ1) is 15.0. The molecule has 20 heavy (non-hydrogen) atoms. The summed E-state index contributed by atoms with van der Waals surface area (Å²) in [6.07, 6.45) is 2.06. The Kier molecular flexibility index (Phi) is 5.14. The standard InChI is InChI=1S/C14H16BrNO4/c15-12-5-10(4-11(6-12)14(18)19)13(17)16-7-9-2-1-3-20-8-9/h4-6,9H,1-3,7-8H2,(H,16,17)(H,18,19). The number of hydrogen-bond acceptors (Lipinski definition) is 3. The molecule has 1 heterocycles. The highest BCUT2D eigenvalue weighted by molar-refractivity contribution is 9.10. The molecule has 0 saturated carbocycles. The van der Waals surface area contributed by atoms with Gasteiger partial charge in [-0.15, -0.1) is 0 Å². The van der Waals surface area contributed by atoms with Crippen molar-refractivity contribution in [2.45, 2.75) is 12.8 Å². The fourth-order valence-electron chi connectivity index (χ4n) is 2.15. The van der Waals surface area contributed by atoms with E-state index in [1.807, 2.05) is 0 Å². The van der Waals surface area contributed by atoms with Gasteiger partial charge in [-0.3, -0.25) is 4.79 Å². The summed E-state index contributed by atoms with van der Waals surface area (Å²) in [4.78, 5) is 23.0. The minimum Gasteiger partial charge on any atom is -0.478 e. The average Bonchev–Trinajstić information content (AvgIpc) is 2.45. The molecule has 1 atom stereocenters. The fourth-order valence-corrected chi connectivity index (χ4v) is 2.64. The highest BCUT2D eigenvalue weighted by Gasteiger charge is 2.16. The summed E-state index contributed by atoms with van der Waals surface area (Å²) < 4.78 is 5.93. The molecule has 0 radical (unpaired) electrons. The number of aromatic carboxylic acids is 1. The van der Waals surface area contributed by atoms with Gasteiger partial charge in [0, 0.05) is 23.2 Å². The van der Waals surface area contributed by atoms with E-state index in [-0.39, 0.29) is 11.5 Å². The minimum absolute atomic E-state index is 0.0884. The normalized spacial score (nSPS) is 18.6. The van der Waals surface area contributed by atoms with Gasteiger partial charge < -0.3 is 15.2 Å². The third-order valence-electron chi connectivity index (χ3n) is 3.21. The molecule has 6 heteroatoms. The number of carboxylic acids is 1. The van der Waals surface area contributed by atoms with Crippen LogP contribution in [-0.4, -0.2) is 36.7 Å². The minimum atomic E-state index is -1.05. The summed E-state index contributed by atoms with van der Waals surface area (Å²) >= 11 is 3.21. The van der Waals surface area contributed by atoms with Crippen LogP contribution in [0.3, 0.4) is 0 Å². The lowest BCUT2D eigenvalue weighted by molar-refractivity contribution is 0.0536. The molecule has 0 aliphatic carbocycles. The molecule has 1 aliphatic heterocycles. The molecule has 108 valence electrons. The number of nitrogens with one attached hydrogen (secondary N) is 1. The predicted molar refractivity (Wildman–Crippen MR) is 77.0 cm³/mol. The number of carbonyl (C=O) groups excluding carboxylic acids is 1. The Labute approximate surface area is 125 Å². The summed E-state index contributed by atoms with van der Waals surface area (Å²) in [6.45, 7) is 2.00. The van der Waals surface area contributed by atoms with Gasteiger partial charge in [-0.05, 0) is 37.0 Å². The first-order chi connectivity index (χ1) is 9.56. The summed E-state index contributed by atoms with van der Waals surface area (Å²) in [5.74, 6) is -0.987. The Hall–Kier alpha value is -1.40. The zero-order valence-electron chi connectivity index (χ0n) is 10.9. The van der Waals surface area contributed by atoms with Crippen LogP contribution in [0, 0.1) is 5.92 Å². The van der Waals surface area contributed by atoms with E-state index in [4.69, 9.17) is 9.84 Å². The zero-order valence-corrected chi connectivity index (χ0v) is 12.5. The van der Waals surface area contributed by atoms with E-state index in [0.717, 1.165) is 19.4 Å². The van der Waals surface area contributed by atoms with Crippen LogP contribution in [-0.2, 0) is 4.74 Å². The second-order valence-electron chi connectivity index (χ2n) is 4.83. The fraction of sp³-hybridized carbons (Fsp3) is 0.429. The molecule has 1 aliphatic rings. The molecule has 1 saturated heterocycles. The molecule has 1 unspecified atom stereocenters. The van der Waals surface area contributed by atoms with Crippen molar-refractivity contribution in [2.24, 2.45) is 5.92 Å². The third-order valence-corrected chi connectivity index (χ3v) is 3.67. The SMILES string of the molecule is O=C(O)c1cc(Br)cc(C(=O)NCC2CCCOC2)c1. The third kappa shape index (κ3) is 4.05. The van der Waals surface area contributed by atoms with Crippen LogP contribution in [0.4, 0.5) is 0 Å². The van der Waals surface area contributed by atoms with E-state index in [9.17, 15) is 9.59 Å². The van der Waals surface area contributed by atoms with Crippen molar-refractivity contribution in [3.8, 4) is 0 Å². The lowest BCUT2D eigenvalue weighted by Gasteiger charge is -2.22. The van der Waals surface area contributed by atoms with Gasteiger partial charge in [-0.2, -0.15) is 0 Å². The van der Waals surface area contributed by atoms with Gasteiger partial charge in [-0.25, -0.2) is 4.79 Å². The molecule has 1 aromatic rings. The second kappa shape index (κ2) is 6.85. The van der Waals surface area contributed by atoms with Crippen molar-refractivity contribution in [1.82, 2.24) is 5.32 Å². The van der Waals surface area contributed by atoms with E-state index < -0.39 is 5.97 Å². The molecular formula is C14H16BrNO4. The Morgan fingerprint density at radius 3 is 2.75 bits per heavy atom. The Morgan fingerprint density at radius 2 is 2.10 bits per heavy atom. The molecule has 1 aromatic carbocycles. The lowest BCUT2D eigenvalue weighted by Crippen LogP contribution is -2.33. The highest BCUT2D eigenvalue weighted by Crippen LogP contribution is 2.17. The number of carboxylic acid groups (broad SMARTS) is 1.